The number of hydrogen-bond acceptors (Lipinski definition) is 5. The first-order valence-electron chi connectivity index (χ1n) is 7.39. The molecule has 128 valence electrons. The third-order valence-electron chi connectivity index (χ3n) is 4.15. The number of esters is 1. The Balaban J connectivity index is 1.88. The van der Waals surface area contributed by atoms with Crippen LogP contribution in [0.1, 0.15) is 32.1 Å². The molecule has 1 saturated carbocycles. The van der Waals surface area contributed by atoms with Crippen molar-refractivity contribution in [3.8, 4) is 0 Å². The van der Waals surface area contributed by atoms with Gasteiger partial charge in [-0.1, -0.05) is 0 Å². The van der Waals surface area contributed by atoms with E-state index in [0.29, 0.717) is 38.9 Å². The maximum Gasteiger partial charge on any atom is 0.389 e. The molecule has 22 heavy (non-hydrogen) atoms. The average Bonchev–Trinajstić information content (AvgIpc) is 2.91. The number of rotatable bonds is 5. The largest absolute Gasteiger partial charge is 0.468 e. The van der Waals surface area contributed by atoms with Crippen molar-refractivity contribution in [2.45, 2.75) is 49.3 Å². The molecule has 1 unspecified atom stereocenters. The van der Waals surface area contributed by atoms with Crippen LogP contribution in [0.5, 0.6) is 0 Å². The van der Waals surface area contributed by atoms with Crippen LogP contribution in [-0.4, -0.2) is 49.3 Å². The zero-order valence-corrected chi connectivity index (χ0v) is 13.3. The van der Waals surface area contributed by atoms with E-state index in [-0.39, 0.29) is 11.7 Å². The van der Waals surface area contributed by atoms with E-state index < -0.39 is 29.6 Å². The lowest BCUT2D eigenvalue weighted by Crippen LogP contribution is -2.39. The number of alkyl halides is 3. The molecule has 1 saturated heterocycles. The van der Waals surface area contributed by atoms with Gasteiger partial charge in [0, 0.05) is 18.6 Å². The smallest absolute Gasteiger partial charge is 0.389 e. The van der Waals surface area contributed by atoms with Gasteiger partial charge in [0.05, 0.1) is 26.7 Å². The zero-order chi connectivity index (χ0) is 16.2. The van der Waals surface area contributed by atoms with Gasteiger partial charge in [0.1, 0.15) is 5.25 Å². The first kappa shape index (κ1) is 17.9. The third-order valence-corrected chi connectivity index (χ3v) is 5.53. The van der Waals surface area contributed by atoms with Gasteiger partial charge >= 0.3 is 12.1 Å². The van der Waals surface area contributed by atoms with Gasteiger partial charge in [0.2, 0.25) is 0 Å². The second-order valence-corrected chi connectivity index (χ2v) is 6.87. The maximum absolute atomic E-state index is 12.3. The Morgan fingerprint density at radius 3 is 2.41 bits per heavy atom. The average molecular weight is 342 g/mol. The molecule has 1 spiro atoms. The lowest BCUT2D eigenvalue weighted by atomic mass is 9.83. The van der Waals surface area contributed by atoms with Crippen LogP contribution in [0.15, 0.2) is 0 Å². The molecule has 0 aromatic heterocycles. The van der Waals surface area contributed by atoms with E-state index in [4.69, 9.17) is 14.2 Å². The predicted molar refractivity (Wildman–Crippen MR) is 75.5 cm³/mol. The highest BCUT2D eigenvalue weighted by atomic mass is 32.2. The summed E-state index contributed by atoms with van der Waals surface area (Å²) in [4.78, 5) is 11.9. The summed E-state index contributed by atoms with van der Waals surface area (Å²) < 4.78 is 52.8. The standard InChI is InChI=1S/C14H21F3O4S/c1-19-12(18)11(22-9-6-14(15,16)17)10-2-4-13(5-3-10)20-7-8-21-13/h10-11H,2-9H2,1H3. The molecule has 8 heteroatoms. The fourth-order valence-electron chi connectivity index (χ4n) is 2.98. The minimum atomic E-state index is -4.20. The molecule has 1 atom stereocenters. The van der Waals surface area contributed by atoms with Gasteiger partial charge in [0.25, 0.3) is 0 Å². The van der Waals surface area contributed by atoms with Crippen LogP contribution in [0.3, 0.4) is 0 Å². The molecule has 4 nitrogen and oxygen atoms in total. The summed E-state index contributed by atoms with van der Waals surface area (Å²) in [5.74, 6) is -1.10. The molecule has 0 radical (unpaired) electrons. The van der Waals surface area contributed by atoms with Crippen LogP contribution in [-0.2, 0) is 19.0 Å². The molecule has 1 aliphatic heterocycles. The van der Waals surface area contributed by atoms with Crippen molar-refractivity contribution in [2.24, 2.45) is 5.92 Å². The first-order chi connectivity index (χ1) is 10.4. The summed E-state index contributed by atoms with van der Waals surface area (Å²) in [6, 6.07) is 0. The molecule has 1 aliphatic carbocycles. The molecule has 2 rings (SSSR count). The van der Waals surface area contributed by atoms with Crippen molar-refractivity contribution in [1.82, 2.24) is 0 Å². The second kappa shape index (κ2) is 7.40. The molecule has 0 aromatic carbocycles. The summed E-state index contributed by atoms with van der Waals surface area (Å²) in [5.41, 5.74) is 0. The van der Waals surface area contributed by atoms with Crippen molar-refractivity contribution < 1.29 is 32.2 Å². The summed E-state index contributed by atoms with van der Waals surface area (Å²) >= 11 is 1.04. The van der Waals surface area contributed by atoms with Crippen LogP contribution in [0.25, 0.3) is 0 Å². The number of ether oxygens (including phenoxy) is 3. The van der Waals surface area contributed by atoms with Crippen LogP contribution in [0.2, 0.25) is 0 Å². The summed E-state index contributed by atoms with van der Waals surface area (Å²) in [5, 5.41) is -0.550. The van der Waals surface area contributed by atoms with Crippen LogP contribution < -0.4 is 0 Å². The monoisotopic (exact) mass is 342 g/mol. The van der Waals surface area contributed by atoms with E-state index in [9.17, 15) is 18.0 Å². The summed E-state index contributed by atoms with van der Waals surface area (Å²) in [6.07, 6.45) is -2.36. The van der Waals surface area contributed by atoms with Gasteiger partial charge in [-0.2, -0.15) is 13.2 Å². The first-order valence-corrected chi connectivity index (χ1v) is 8.44. The minimum absolute atomic E-state index is 0.00380. The lowest BCUT2D eigenvalue weighted by molar-refractivity contribution is -0.183. The number of carbonyl (C=O) groups excluding carboxylic acids is 1. The van der Waals surface area contributed by atoms with Gasteiger partial charge in [0.15, 0.2) is 5.79 Å². The lowest BCUT2D eigenvalue weighted by Gasteiger charge is -2.37. The fourth-order valence-corrected chi connectivity index (χ4v) is 4.36. The van der Waals surface area contributed by atoms with Gasteiger partial charge in [-0.3, -0.25) is 4.79 Å². The van der Waals surface area contributed by atoms with Gasteiger partial charge in [-0.25, -0.2) is 0 Å². The Morgan fingerprint density at radius 1 is 1.32 bits per heavy atom. The molecule has 0 aromatic rings. The summed E-state index contributed by atoms with van der Waals surface area (Å²) in [6.45, 7) is 1.15. The van der Waals surface area contributed by atoms with Crippen LogP contribution in [0.4, 0.5) is 13.2 Å². The Bertz CT molecular complexity index is 373. The quantitative estimate of drug-likeness (QED) is 0.718. The molecular weight excluding hydrogens is 321 g/mol. The van der Waals surface area contributed by atoms with E-state index in [1.807, 2.05) is 0 Å². The van der Waals surface area contributed by atoms with Crippen molar-refractivity contribution in [1.29, 1.82) is 0 Å². The van der Waals surface area contributed by atoms with Crippen molar-refractivity contribution in [2.75, 3.05) is 26.1 Å². The van der Waals surface area contributed by atoms with E-state index in [0.717, 1.165) is 11.8 Å². The van der Waals surface area contributed by atoms with E-state index in [1.54, 1.807) is 0 Å². The Hall–Kier alpha value is -0.470. The van der Waals surface area contributed by atoms with Crippen LogP contribution in [0, 0.1) is 5.92 Å². The van der Waals surface area contributed by atoms with Gasteiger partial charge in [-0.05, 0) is 18.8 Å². The van der Waals surface area contributed by atoms with Crippen molar-refractivity contribution in [3.63, 3.8) is 0 Å². The molecule has 0 bridgehead atoms. The number of thioether (sulfide) groups is 1. The topological polar surface area (TPSA) is 44.8 Å². The Morgan fingerprint density at radius 2 is 1.91 bits per heavy atom. The fraction of sp³-hybridized carbons (Fsp3) is 0.929. The SMILES string of the molecule is COC(=O)C(SCCC(F)(F)F)C1CCC2(CC1)OCCO2. The number of halogens is 3. The number of carbonyl (C=O) groups is 1. The van der Waals surface area contributed by atoms with E-state index >= 15 is 0 Å². The molecule has 2 fully saturated rings. The van der Waals surface area contributed by atoms with E-state index in [1.165, 1.54) is 7.11 Å². The number of methoxy groups -OCH3 is 1. The summed E-state index contributed by atoms with van der Waals surface area (Å²) in [7, 11) is 1.27. The molecular formula is C14H21F3O4S. The van der Waals surface area contributed by atoms with Gasteiger partial charge in [-0.15, -0.1) is 11.8 Å². The molecule has 2 aliphatic rings. The third kappa shape index (κ3) is 4.76. The zero-order valence-electron chi connectivity index (χ0n) is 12.5. The Kier molecular flexibility index (Phi) is 6.01. The maximum atomic E-state index is 12.3. The minimum Gasteiger partial charge on any atom is -0.468 e. The second-order valence-electron chi connectivity index (χ2n) is 5.62. The Labute approximate surface area is 132 Å². The van der Waals surface area contributed by atoms with E-state index in [2.05, 4.69) is 0 Å². The highest BCUT2D eigenvalue weighted by Gasteiger charge is 2.43. The molecule has 0 N–H and O–H groups in total. The highest BCUT2D eigenvalue weighted by Crippen LogP contribution is 2.42. The normalized spacial score (nSPS) is 23.6. The van der Waals surface area contributed by atoms with Crippen LogP contribution >= 0.6 is 11.8 Å². The van der Waals surface area contributed by atoms with Crippen molar-refractivity contribution in [3.05, 3.63) is 0 Å². The molecule has 1 heterocycles. The number of hydrogen-bond donors (Lipinski definition) is 0. The highest BCUT2D eigenvalue weighted by molar-refractivity contribution is 8.00. The van der Waals surface area contributed by atoms with Crippen molar-refractivity contribution >= 4 is 17.7 Å². The predicted octanol–water partition coefficient (Wildman–Crippen LogP) is 3.15. The molecule has 0 amide bonds. The van der Waals surface area contributed by atoms with Gasteiger partial charge < -0.3 is 14.2 Å².